The second kappa shape index (κ2) is 6.09. The van der Waals surface area contributed by atoms with Gasteiger partial charge in [-0.3, -0.25) is 4.79 Å². The number of fused-ring (bicyclic) bond motifs is 1. The normalized spacial score (nSPS) is 22.2. The first-order chi connectivity index (χ1) is 10.9. The van der Waals surface area contributed by atoms with Crippen molar-refractivity contribution in [3.63, 3.8) is 0 Å². The number of halogens is 1. The molecule has 0 saturated carbocycles. The zero-order valence-electron chi connectivity index (χ0n) is 13.6. The number of rotatable bonds is 2. The Morgan fingerprint density at radius 2 is 2.26 bits per heavy atom. The molecule has 0 aliphatic carbocycles. The van der Waals surface area contributed by atoms with E-state index in [1.54, 1.807) is 12.0 Å². The first-order valence-electron chi connectivity index (χ1n) is 7.67. The summed E-state index contributed by atoms with van der Waals surface area (Å²) in [6.07, 6.45) is 0. The molecule has 1 aliphatic heterocycles. The van der Waals surface area contributed by atoms with Gasteiger partial charge in [-0.25, -0.2) is 4.39 Å². The van der Waals surface area contributed by atoms with Gasteiger partial charge in [-0.05, 0) is 43.0 Å². The van der Waals surface area contributed by atoms with Gasteiger partial charge in [0, 0.05) is 24.3 Å². The van der Waals surface area contributed by atoms with Crippen LogP contribution in [-0.2, 0) is 0 Å². The third-order valence-corrected chi connectivity index (χ3v) is 5.46. The van der Waals surface area contributed by atoms with E-state index in [1.807, 2.05) is 25.1 Å². The molecule has 0 radical (unpaired) electrons. The fourth-order valence-corrected chi connectivity index (χ4v) is 4.10. The molecule has 1 unspecified atom stereocenters. The molecule has 1 atom stereocenters. The van der Waals surface area contributed by atoms with E-state index < -0.39 is 5.67 Å². The molecule has 1 aromatic carbocycles. The summed E-state index contributed by atoms with van der Waals surface area (Å²) >= 11 is 1.46. The van der Waals surface area contributed by atoms with Crippen molar-refractivity contribution in [3.8, 4) is 5.75 Å². The zero-order chi connectivity index (χ0) is 16.6. The molecular weight excluding hydrogens is 315 g/mol. The summed E-state index contributed by atoms with van der Waals surface area (Å²) in [5.74, 6) is 0.683. The Balaban J connectivity index is 1.95. The van der Waals surface area contributed by atoms with E-state index in [-0.39, 0.29) is 19.0 Å². The van der Waals surface area contributed by atoms with E-state index in [1.165, 1.54) is 18.3 Å². The van der Waals surface area contributed by atoms with Crippen molar-refractivity contribution in [2.24, 2.45) is 0 Å². The summed E-state index contributed by atoms with van der Waals surface area (Å²) in [5, 5.41) is 4.07. The van der Waals surface area contributed by atoms with Crippen molar-refractivity contribution in [2.45, 2.75) is 19.5 Å². The number of nitrogens with one attached hydrogen (secondary N) is 1. The van der Waals surface area contributed by atoms with Crippen LogP contribution in [-0.4, -0.2) is 49.8 Å². The highest BCUT2D eigenvalue weighted by Crippen LogP contribution is 2.34. The molecule has 1 amide bonds. The number of hydrogen-bond acceptors (Lipinski definition) is 4. The number of aryl methyl sites for hydroxylation is 1. The molecule has 2 aromatic rings. The van der Waals surface area contributed by atoms with Crippen LogP contribution in [0.3, 0.4) is 0 Å². The predicted octanol–water partition coefficient (Wildman–Crippen LogP) is 2.99. The van der Waals surface area contributed by atoms with Crippen LogP contribution in [0.25, 0.3) is 10.1 Å². The standard InChI is InChI=1S/C17H21FN2O2S/c1-11-13-8-12(22-3)4-5-14(13)23-15(11)16(21)20-7-6-19-9-17(2,18)10-20/h4-5,8,19H,6-7,9-10H2,1-3H3. The van der Waals surface area contributed by atoms with Crippen molar-refractivity contribution in [1.82, 2.24) is 10.2 Å². The van der Waals surface area contributed by atoms with Crippen LogP contribution in [0, 0.1) is 6.92 Å². The number of ether oxygens (including phenoxy) is 1. The average molecular weight is 336 g/mol. The maximum Gasteiger partial charge on any atom is 0.264 e. The second-order valence-electron chi connectivity index (χ2n) is 6.24. The van der Waals surface area contributed by atoms with Gasteiger partial charge in [0.2, 0.25) is 0 Å². The summed E-state index contributed by atoms with van der Waals surface area (Å²) in [5.41, 5.74) is -0.466. The lowest BCUT2D eigenvalue weighted by atomic mass is 10.1. The lowest BCUT2D eigenvalue weighted by Crippen LogP contribution is -2.42. The summed E-state index contributed by atoms with van der Waals surface area (Å²) < 4.78 is 20.7. The minimum Gasteiger partial charge on any atom is -0.497 e. The van der Waals surface area contributed by atoms with Crippen LogP contribution >= 0.6 is 11.3 Å². The van der Waals surface area contributed by atoms with Gasteiger partial charge in [-0.1, -0.05) is 0 Å². The molecule has 0 spiro atoms. The van der Waals surface area contributed by atoms with Gasteiger partial charge in [-0.15, -0.1) is 11.3 Å². The molecule has 23 heavy (non-hydrogen) atoms. The SMILES string of the molecule is COc1ccc2sc(C(=O)N3CCNCC(C)(F)C3)c(C)c2c1. The number of thiophene rings is 1. The van der Waals surface area contributed by atoms with E-state index in [2.05, 4.69) is 5.32 Å². The van der Waals surface area contributed by atoms with E-state index >= 15 is 0 Å². The van der Waals surface area contributed by atoms with Crippen LogP contribution in [0.1, 0.15) is 22.2 Å². The fraction of sp³-hybridized carbons (Fsp3) is 0.471. The number of alkyl halides is 1. The third kappa shape index (κ3) is 3.19. The van der Waals surface area contributed by atoms with E-state index in [9.17, 15) is 9.18 Å². The van der Waals surface area contributed by atoms with Gasteiger partial charge in [-0.2, -0.15) is 0 Å². The lowest BCUT2D eigenvalue weighted by molar-refractivity contribution is 0.0660. The van der Waals surface area contributed by atoms with Gasteiger partial charge in [0.15, 0.2) is 0 Å². The number of carbonyl (C=O) groups is 1. The smallest absolute Gasteiger partial charge is 0.264 e. The molecular formula is C17H21FN2O2S. The highest BCUT2D eigenvalue weighted by Gasteiger charge is 2.32. The summed E-state index contributed by atoms with van der Waals surface area (Å²) in [7, 11) is 1.63. The van der Waals surface area contributed by atoms with Crippen molar-refractivity contribution >= 4 is 27.3 Å². The van der Waals surface area contributed by atoms with E-state index in [0.717, 1.165) is 21.4 Å². The third-order valence-electron chi connectivity index (χ3n) is 4.20. The molecule has 124 valence electrons. The second-order valence-corrected chi connectivity index (χ2v) is 7.29. The minimum absolute atomic E-state index is 0.0877. The molecule has 1 aromatic heterocycles. The Hall–Kier alpha value is -1.66. The number of methoxy groups -OCH3 is 1. The van der Waals surface area contributed by atoms with Gasteiger partial charge in [0.05, 0.1) is 18.5 Å². The number of benzene rings is 1. The predicted molar refractivity (Wildman–Crippen MR) is 91.4 cm³/mol. The molecule has 1 fully saturated rings. The van der Waals surface area contributed by atoms with Gasteiger partial charge >= 0.3 is 0 Å². The lowest BCUT2D eigenvalue weighted by Gasteiger charge is -2.25. The molecule has 1 saturated heterocycles. The van der Waals surface area contributed by atoms with Crippen LogP contribution in [0.15, 0.2) is 18.2 Å². The Morgan fingerprint density at radius 1 is 1.48 bits per heavy atom. The van der Waals surface area contributed by atoms with Crippen molar-refractivity contribution < 1.29 is 13.9 Å². The highest BCUT2D eigenvalue weighted by molar-refractivity contribution is 7.21. The van der Waals surface area contributed by atoms with Crippen LogP contribution < -0.4 is 10.1 Å². The zero-order valence-corrected chi connectivity index (χ0v) is 14.4. The topological polar surface area (TPSA) is 41.6 Å². The van der Waals surface area contributed by atoms with Gasteiger partial charge < -0.3 is 15.0 Å². The fourth-order valence-electron chi connectivity index (χ4n) is 2.94. The minimum atomic E-state index is -1.40. The largest absolute Gasteiger partial charge is 0.497 e. The van der Waals surface area contributed by atoms with Crippen molar-refractivity contribution in [1.29, 1.82) is 0 Å². The van der Waals surface area contributed by atoms with Gasteiger partial charge in [0.25, 0.3) is 5.91 Å². The molecule has 2 heterocycles. The Kier molecular flexibility index (Phi) is 4.29. The quantitative estimate of drug-likeness (QED) is 0.917. The van der Waals surface area contributed by atoms with Gasteiger partial charge in [0.1, 0.15) is 11.4 Å². The molecule has 3 rings (SSSR count). The monoisotopic (exact) mass is 336 g/mol. The van der Waals surface area contributed by atoms with Crippen molar-refractivity contribution in [2.75, 3.05) is 33.3 Å². The van der Waals surface area contributed by atoms with E-state index in [0.29, 0.717) is 18.0 Å². The number of hydrogen-bond donors (Lipinski definition) is 1. The molecule has 0 bridgehead atoms. The average Bonchev–Trinajstić information content (AvgIpc) is 2.73. The Morgan fingerprint density at radius 3 is 3.00 bits per heavy atom. The van der Waals surface area contributed by atoms with Crippen LogP contribution in [0.2, 0.25) is 0 Å². The maximum absolute atomic E-state index is 14.4. The molecule has 4 nitrogen and oxygen atoms in total. The summed E-state index contributed by atoms with van der Waals surface area (Å²) in [6.45, 7) is 5.01. The summed E-state index contributed by atoms with van der Waals surface area (Å²) in [4.78, 5) is 15.2. The maximum atomic E-state index is 14.4. The Labute approximate surface area is 139 Å². The Bertz CT molecular complexity index is 742. The molecule has 1 N–H and O–H groups in total. The first-order valence-corrected chi connectivity index (χ1v) is 8.49. The molecule has 6 heteroatoms. The van der Waals surface area contributed by atoms with Crippen molar-refractivity contribution in [3.05, 3.63) is 28.6 Å². The van der Waals surface area contributed by atoms with E-state index in [4.69, 9.17) is 4.74 Å². The van der Waals surface area contributed by atoms with Crippen LogP contribution in [0.5, 0.6) is 5.75 Å². The van der Waals surface area contributed by atoms with Crippen LogP contribution in [0.4, 0.5) is 4.39 Å². The summed E-state index contributed by atoms with van der Waals surface area (Å²) in [6, 6.07) is 5.80. The first kappa shape index (κ1) is 16.2. The number of carbonyl (C=O) groups excluding carboxylic acids is 1. The number of amides is 1. The molecule has 1 aliphatic rings. The highest BCUT2D eigenvalue weighted by atomic mass is 32.1. The number of nitrogens with zero attached hydrogens (tertiary/aromatic N) is 1.